The van der Waals surface area contributed by atoms with Crippen molar-refractivity contribution in [3.05, 3.63) is 0 Å². The topological polar surface area (TPSA) is 61.4 Å². The Morgan fingerprint density at radius 2 is 2.20 bits per heavy atom. The predicted molar refractivity (Wildman–Crippen MR) is 59.5 cm³/mol. The maximum Gasteiger partial charge on any atom is 0.234 e. The highest BCUT2D eigenvalue weighted by Gasteiger charge is 2.26. The van der Waals surface area contributed by atoms with Gasteiger partial charge in [0, 0.05) is 12.1 Å². The number of aliphatic hydroxyl groups excluding tert-OH is 1. The summed E-state index contributed by atoms with van der Waals surface area (Å²) in [5.74, 6) is 0.0531. The predicted octanol–water partition coefficient (Wildman–Crippen LogP) is 0.404. The van der Waals surface area contributed by atoms with Crippen LogP contribution in [-0.2, 0) is 4.79 Å². The van der Waals surface area contributed by atoms with Crippen LogP contribution in [0, 0.1) is 0 Å². The van der Waals surface area contributed by atoms with Crippen molar-refractivity contribution in [3.63, 3.8) is 0 Å². The molecule has 0 saturated heterocycles. The van der Waals surface area contributed by atoms with Gasteiger partial charge in [-0.2, -0.15) is 0 Å². The number of carbonyl (C=O) groups excluding carboxylic acids is 1. The fourth-order valence-corrected chi connectivity index (χ4v) is 1.82. The van der Waals surface area contributed by atoms with Gasteiger partial charge < -0.3 is 15.7 Å². The quantitative estimate of drug-likeness (QED) is 0.600. The van der Waals surface area contributed by atoms with E-state index < -0.39 is 0 Å². The molecule has 0 bridgehead atoms. The Morgan fingerprint density at radius 3 is 2.73 bits per heavy atom. The second-order valence-electron chi connectivity index (χ2n) is 4.46. The molecule has 1 rings (SSSR count). The van der Waals surface area contributed by atoms with Gasteiger partial charge in [-0.15, -0.1) is 0 Å². The summed E-state index contributed by atoms with van der Waals surface area (Å²) in [4.78, 5) is 11.4. The smallest absolute Gasteiger partial charge is 0.234 e. The van der Waals surface area contributed by atoms with Crippen molar-refractivity contribution < 1.29 is 9.90 Å². The first-order valence-electron chi connectivity index (χ1n) is 5.82. The summed E-state index contributed by atoms with van der Waals surface area (Å²) in [6.07, 6.45) is 3.50. The molecule has 0 radical (unpaired) electrons. The van der Waals surface area contributed by atoms with Gasteiger partial charge in [-0.25, -0.2) is 0 Å². The van der Waals surface area contributed by atoms with Crippen LogP contribution in [-0.4, -0.2) is 35.7 Å². The summed E-state index contributed by atoms with van der Waals surface area (Å²) in [7, 11) is 0. The largest absolute Gasteiger partial charge is 0.393 e. The zero-order valence-corrected chi connectivity index (χ0v) is 9.62. The summed E-state index contributed by atoms with van der Waals surface area (Å²) in [5, 5.41) is 15.1. The van der Waals surface area contributed by atoms with Crippen LogP contribution in [0.3, 0.4) is 0 Å². The van der Waals surface area contributed by atoms with Crippen LogP contribution in [0.25, 0.3) is 0 Å². The third kappa shape index (κ3) is 4.62. The Morgan fingerprint density at radius 1 is 1.53 bits per heavy atom. The van der Waals surface area contributed by atoms with Crippen molar-refractivity contribution in [3.8, 4) is 0 Å². The minimum absolute atomic E-state index is 0.0531. The molecule has 88 valence electrons. The van der Waals surface area contributed by atoms with E-state index >= 15 is 0 Å². The van der Waals surface area contributed by atoms with Gasteiger partial charge in [0.25, 0.3) is 0 Å². The molecule has 1 fully saturated rings. The fraction of sp³-hybridized carbons (Fsp3) is 0.909. The first kappa shape index (κ1) is 12.5. The van der Waals surface area contributed by atoms with E-state index in [1.54, 1.807) is 0 Å². The summed E-state index contributed by atoms with van der Waals surface area (Å²) in [6, 6.07) is 0.587. The van der Waals surface area contributed by atoms with Crippen LogP contribution in [0.5, 0.6) is 0 Å². The highest BCUT2D eigenvalue weighted by molar-refractivity contribution is 5.78. The molecule has 3 N–H and O–H groups in total. The Hall–Kier alpha value is -0.610. The van der Waals surface area contributed by atoms with E-state index in [0.29, 0.717) is 12.6 Å². The molecule has 0 heterocycles. The minimum Gasteiger partial charge on any atom is -0.393 e. The van der Waals surface area contributed by atoms with E-state index in [-0.39, 0.29) is 18.1 Å². The summed E-state index contributed by atoms with van der Waals surface area (Å²) in [5.41, 5.74) is 0. The van der Waals surface area contributed by atoms with E-state index in [2.05, 4.69) is 17.6 Å². The molecule has 0 aromatic rings. The first-order chi connectivity index (χ1) is 7.11. The lowest BCUT2D eigenvalue weighted by atomic mass is 9.89. The molecule has 1 amide bonds. The zero-order valence-electron chi connectivity index (χ0n) is 9.62. The molecule has 0 spiro atoms. The lowest BCUT2D eigenvalue weighted by molar-refractivity contribution is -0.121. The van der Waals surface area contributed by atoms with Gasteiger partial charge in [0.15, 0.2) is 0 Å². The Bertz CT molecular complexity index is 203. The lowest BCUT2D eigenvalue weighted by Crippen LogP contribution is -2.48. The molecule has 1 unspecified atom stereocenters. The molecule has 0 aromatic heterocycles. The maximum atomic E-state index is 11.4. The molecule has 1 aliphatic rings. The van der Waals surface area contributed by atoms with Crippen LogP contribution in [0.4, 0.5) is 0 Å². The first-order valence-corrected chi connectivity index (χ1v) is 5.82. The van der Waals surface area contributed by atoms with Crippen molar-refractivity contribution in [1.82, 2.24) is 10.6 Å². The highest BCUT2D eigenvalue weighted by Crippen LogP contribution is 2.18. The second-order valence-corrected chi connectivity index (χ2v) is 4.46. The third-order valence-electron chi connectivity index (χ3n) is 2.79. The van der Waals surface area contributed by atoms with Crippen LogP contribution in [0.15, 0.2) is 0 Å². The second kappa shape index (κ2) is 6.08. The molecule has 1 atom stereocenters. The van der Waals surface area contributed by atoms with Gasteiger partial charge in [0.1, 0.15) is 0 Å². The van der Waals surface area contributed by atoms with Crippen molar-refractivity contribution in [1.29, 1.82) is 0 Å². The molecule has 0 aromatic carbocycles. The number of hydrogen-bond acceptors (Lipinski definition) is 3. The van der Waals surface area contributed by atoms with Crippen LogP contribution in [0.1, 0.15) is 39.5 Å². The zero-order chi connectivity index (χ0) is 11.3. The van der Waals surface area contributed by atoms with Gasteiger partial charge in [-0.05, 0) is 26.2 Å². The molecule has 0 aliphatic heterocycles. The summed E-state index contributed by atoms with van der Waals surface area (Å²) in [6.45, 7) is 4.50. The molecule has 15 heavy (non-hydrogen) atoms. The number of hydrogen-bond donors (Lipinski definition) is 3. The van der Waals surface area contributed by atoms with Gasteiger partial charge >= 0.3 is 0 Å². The SMILES string of the molecule is CCCC(C)NC(=O)CNC1CC(O)C1. The Labute approximate surface area is 91.4 Å². The molecule has 4 nitrogen and oxygen atoms in total. The monoisotopic (exact) mass is 214 g/mol. The van der Waals surface area contributed by atoms with Gasteiger partial charge in [-0.3, -0.25) is 4.79 Å². The standard InChI is InChI=1S/C11H22N2O2/c1-3-4-8(2)13-11(15)7-12-9-5-10(14)6-9/h8-10,12,14H,3-7H2,1-2H3,(H,13,15). The van der Waals surface area contributed by atoms with Crippen LogP contribution < -0.4 is 10.6 Å². The van der Waals surface area contributed by atoms with Gasteiger partial charge in [0.05, 0.1) is 12.6 Å². The van der Waals surface area contributed by atoms with E-state index in [9.17, 15) is 4.79 Å². The molecule has 1 aliphatic carbocycles. The van der Waals surface area contributed by atoms with Crippen molar-refractivity contribution >= 4 is 5.91 Å². The minimum atomic E-state index is -0.162. The Balaban J connectivity index is 2.03. The van der Waals surface area contributed by atoms with Gasteiger partial charge in [0.2, 0.25) is 5.91 Å². The molecular weight excluding hydrogens is 192 g/mol. The number of carbonyl (C=O) groups is 1. The molecular formula is C11H22N2O2. The number of nitrogens with one attached hydrogen (secondary N) is 2. The lowest BCUT2D eigenvalue weighted by Gasteiger charge is -2.32. The number of aliphatic hydroxyl groups is 1. The van der Waals surface area contributed by atoms with Gasteiger partial charge in [-0.1, -0.05) is 13.3 Å². The van der Waals surface area contributed by atoms with Crippen LogP contribution in [0.2, 0.25) is 0 Å². The maximum absolute atomic E-state index is 11.4. The Kier molecular flexibility index (Phi) is 5.05. The van der Waals surface area contributed by atoms with E-state index in [1.807, 2.05) is 6.92 Å². The summed E-state index contributed by atoms with van der Waals surface area (Å²) >= 11 is 0. The van der Waals surface area contributed by atoms with Crippen molar-refractivity contribution in [2.45, 2.75) is 57.7 Å². The normalized spacial score (nSPS) is 26.9. The third-order valence-corrected chi connectivity index (χ3v) is 2.79. The number of amides is 1. The summed E-state index contributed by atoms with van der Waals surface area (Å²) < 4.78 is 0. The van der Waals surface area contributed by atoms with E-state index in [1.165, 1.54) is 0 Å². The van der Waals surface area contributed by atoms with Crippen molar-refractivity contribution in [2.24, 2.45) is 0 Å². The fourth-order valence-electron chi connectivity index (χ4n) is 1.82. The van der Waals surface area contributed by atoms with E-state index in [4.69, 9.17) is 5.11 Å². The molecule has 4 heteroatoms. The van der Waals surface area contributed by atoms with Crippen LogP contribution >= 0.6 is 0 Å². The average Bonchev–Trinajstić information content (AvgIpc) is 2.11. The highest BCUT2D eigenvalue weighted by atomic mass is 16.3. The van der Waals surface area contributed by atoms with Crippen molar-refractivity contribution in [2.75, 3.05) is 6.54 Å². The molecule has 1 saturated carbocycles. The van der Waals surface area contributed by atoms with E-state index in [0.717, 1.165) is 25.7 Å². The number of rotatable bonds is 6. The average molecular weight is 214 g/mol.